The molecule has 1 unspecified atom stereocenters. The Morgan fingerprint density at radius 1 is 1.28 bits per heavy atom. The Balaban J connectivity index is 1.73. The topological polar surface area (TPSA) is 78.9 Å². The highest BCUT2D eigenvalue weighted by Gasteiger charge is 2.26. The zero-order valence-corrected chi connectivity index (χ0v) is 15.0. The van der Waals surface area contributed by atoms with Gasteiger partial charge in [0, 0.05) is 13.1 Å². The summed E-state index contributed by atoms with van der Waals surface area (Å²) >= 11 is 0. The molecule has 138 valence electrons. The first-order valence-electron chi connectivity index (χ1n) is 8.85. The zero-order valence-electron chi connectivity index (χ0n) is 15.0. The number of amides is 1. The normalized spacial score (nSPS) is 18.3. The minimum Gasteiger partial charge on any atom is -0.481 e. The summed E-state index contributed by atoms with van der Waals surface area (Å²) < 4.78 is 5.56. The molecule has 2 rings (SSSR count). The highest BCUT2D eigenvalue weighted by atomic mass is 16.5. The van der Waals surface area contributed by atoms with Gasteiger partial charge in [0.1, 0.15) is 0 Å². The number of ether oxygens (including phenoxy) is 1. The first-order chi connectivity index (χ1) is 11.9. The molecule has 0 bridgehead atoms. The summed E-state index contributed by atoms with van der Waals surface area (Å²) in [6.45, 7) is 6.55. The minimum atomic E-state index is -0.772. The lowest BCUT2D eigenvalue weighted by molar-refractivity contribution is -0.144. The number of hydrogen-bond acceptors (Lipinski definition) is 4. The molecule has 25 heavy (non-hydrogen) atoms. The van der Waals surface area contributed by atoms with E-state index in [2.05, 4.69) is 5.32 Å². The molecule has 6 heteroatoms. The molecule has 0 spiro atoms. The third kappa shape index (κ3) is 6.84. The molecule has 0 aliphatic carbocycles. The molecule has 1 aliphatic rings. The maximum absolute atomic E-state index is 12.1. The van der Waals surface area contributed by atoms with Gasteiger partial charge >= 0.3 is 5.97 Å². The summed E-state index contributed by atoms with van der Waals surface area (Å²) in [5.41, 5.74) is 2.14. The van der Waals surface area contributed by atoms with Crippen LogP contribution >= 0.6 is 0 Å². The number of carbonyl (C=O) groups excluding carboxylic acids is 1. The molecule has 1 heterocycles. The average Bonchev–Trinajstić information content (AvgIpc) is 2.59. The van der Waals surface area contributed by atoms with Crippen LogP contribution in [0.2, 0.25) is 0 Å². The van der Waals surface area contributed by atoms with Gasteiger partial charge in [0.05, 0.1) is 25.2 Å². The van der Waals surface area contributed by atoms with Gasteiger partial charge in [-0.25, -0.2) is 0 Å². The van der Waals surface area contributed by atoms with Gasteiger partial charge in [0.15, 0.2) is 0 Å². The first kappa shape index (κ1) is 19.4. The molecule has 0 aromatic heterocycles. The van der Waals surface area contributed by atoms with E-state index in [9.17, 15) is 9.59 Å². The van der Waals surface area contributed by atoms with Crippen LogP contribution in [0, 0.1) is 5.92 Å². The second kappa shape index (κ2) is 9.53. The van der Waals surface area contributed by atoms with Gasteiger partial charge in [-0.05, 0) is 44.4 Å². The number of nitrogens with one attached hydrogen (secondary N) is 1. The smallest absolute Gasteiger partial charge is 0.307 e. The monoisotopic (exact) mass is 348 g/mol. The van der Waals surface area contributed by atoms with E-state index in [0.29, 0.717) is 26.1 Å². The fourth-order valence-corrected chi connectivity index (χ4v) is 2.88. The molecule has 1 fully saturated rings. The fourth-order valence-electron chi connectivity index (χ4n) is 2.88. The number of likely N-dealkylation sites (tertiary alicyclic amines) is 1. The van der Waals surface area contributed by atoms with Crippen molar-refractivity contribution in [1.29, 1.82) is 0 Å². The van der Waals surface area contributed by atoms with Crippen LogP contribution in [0.1, 0.15) is 37.8 Å². The molecule has 1 aromatic rings. The summed E-state index contributed by atoms with van der Waals surface area (Å²) in [5.74, 6) is -1.20. The zero-order chi connectivity index (χ0) is 18.2. The second-order valence-corrected chi connectivity index (χ2v) is 6.87. The summed E-state index contributed by atoms with van der Waals surface area (Å²) in [7, 11) is 0. The lowest BCUT2D eigenvalue weighted by Crippen LogP contribution is -2.44. The molecule has 0 radical (unpaired) electrons. The summed E-state index contributed by atoms with van der Waals surface area (Å²) in [5, 5.41) is 12.0. The number of carboxylic acid groups (broad SMARTS) is 1. The van der Waals surface area contributed by atoms with Crippen LogP contribution in [0.15, 0.2) is 24.3 Å². The van der Waals surface area contributed by atoms with Crippen LogP contribution in [0.4, 0.5) is 0 Å². The van der Waals surface area contributed by atoms with Gasteiger partial charge in [-0.15, -0.1) is 0 Å². The van der Waals surface area contributed by atoms with Gasteiger partial charge in [0.25, 0.3) is 0 Å². The maximum atomic E-state index is 12.1. The Bertz CT molecular complexity index is 571. The number of nitrogens with zero attached hydrogens (tertiary/aromatic N) is 1. The van der Waals surface area contributed by atoms with E-state index in [1.54, 1.807) is 0 Å². The number of carboxylic acids is 1. The standard InChI is InChI=1S/C19H28N2O4/c1-14(2)25-13-16-7-5-15(6-8-16)10-20-18(22)12-21-9-3-4-17(11-21)19(23)24/h5-8,14,17H,3-4,9-13H2,1-2H3,(H,20,22)(H,23,24). The van der Waals surface area contributed by atoms with Crippen LogP contribution in [0.5, 0.6) is 0 Å². The van der Waals surface area contributed by atoms with E-state index in [0.717, 1.165) is 24.1 Å². The van der Waals surface area contributed by atoms with Crippen molar-refractivity contribution in [2.45, 2.75) is 45.9 Å². The number of carbonyl (C=O) groups is 2. The van der Waals surface area contributed by atoms with E-state index in [1.807, 2.05) is 43.0 Å². The molecule has 2 N–H and O–H groups in total. The predicted molar refractivity (Wildman–Crippen MR) is 95.0 cm³/mol. The Hall–Kier alpha value is -1.92. The van der Waals surface area contributed by atoms with Crippen molar-refractivity contribution in [2.24, 2.45) is 5.92 Å². The van der Waals surface area contributed by atoms with E-state index in [4.69, 9.17) is 9.84 Å². The Labute approximate surface area is 149 Å². The lowest BCUT2D eigenvalue weighted by Gasteiger charge is -2.29. The third-order valence-electron chi connectivity index (χ3n) is 4.32. The molecular weight excluding hydrogens is 320 g/mol. The molecule has 0 saturated carbocycles. The van der Waals surface area contributed by atoms with Crippen LogP contribution in [-0.2, 0) is 27.5 Å². The van der Waals surface area contributed by atoms with Crippen molar-refractivity contribution in [3.05, 3.63) is 35.4 Å². The molecule has 1 atom stereocenters. The number of benzene rings is 1. The quantitative estimate of drug-likeness (QED) is 0.751. The summed E-state index contributed by atoms with van der Waals surface area (Å²) in [6, 6.07) is 7.99. The molecular formula is C19H28N2O4. The highest BCUT2D eigenvalue weighted by Crippen LogP contribution is 2.16. The fraction of sp³-hybridized carbons (Fsp3) is 0.579. The van der Waals surface area contributed by atoms with E-state index < -0.39 is 5.97 Å². The van der Waals surface area contributed by atoms with Crippen LogP contribution in [-0.4, -0.2) is 47.6 Å². The van der Waals surface area contributed by atoms with E-state index in [-0.39, 0.29) is 24.5 Å². The minimum absolute atomic E-state index is 0.0711. The average molecular weight is 348 g/mol. The number of aliphatic carboxylic acids is 1. The highest BCUT2D eigenvalue weighted by molar-refractivity contribution is 5.78. The van der Waals surface area contributed by atoms with Crippen molar-refractivity contribution in [2.75, 3.05) is 19.6 Å². The van der Waals surface area contributed by atoms with Gasteiger partial charge in [0.2, 0.25) is 5.91 Å². The summed E-state index contributed by atoms with van der Waals surface area (Å²) in [4.78, 5) is 25.1. The summed E-state index contributed by atoms with van der Waals surface area (Å²) in [6.07, 6.45) is 1.72. The Morgan fingerprint density at radius 2 is 1.96 bits per heavy atom. The van der Waals surface area contributed by atoms with Gasteiger partial charge in [-0.3, -0.25) is 14.5 Å². The molecule has 1 aromatic carbocycles. The lowest BCUT2D eigenvalue weighted by atomic mass is 9.98. The predicted octanol–water partition coefficient (Wildman–Crippen LogP) is 2.02. The van der Waals surface area contributed by atoms with Crippen molar-refractivity contribution >= 4 is 11.9 Å². The van der Waals surface area contributed by atoms with E-state index in [1.165, 1.54) is 0 Å². The SMILES string of the molecule is CC(C)OCc1ccc(CNC(=O)CN2CCCC(C(=O)O)C2)cc1. The van der Waals surface area contributed by atoms with Crippen molar-refractivity contribution in [1.82, 2.24) is 10.2 Å². The number of hydrogen-bond donors (Lipinski definition) is 2. The number of piperidine rings is 1. The molecule has 1 saturated heterocycles. The van der Waals surface area contributed by atoms with Gasteiger partial charge < -0.3 is 15.2 Å². The van der Waals surface area contributed by atoms with Crippen molar-refractivity contribution < 1.29 is 19.4 Å². The Kier molecular flexibility index (Phi) is 7.40. The Morgan fingerprint density at radius 3 is 2.60 bits per heavy atom. The largest absolute Gasteiger partial charge is 0.481 e. The number of rotatable bonds is 8. The molecule has 6 nitrogen and oxygen atoms in total. The van der Waals surface area contributed by atoms with Crippen LogP contribution in [0.3, 0.4) is 0 Å². The van der Waals surface area contributed by atoms with Crippen molar-refractivity contribution in [3.8, 4) is 0 Å². The van der Waals surface area contributed by atoms with Gasteiger partial charge in [-0.2, -0.15) is 0 Å². The van der Waals surface area contributed by atoms with Crippen molar-refractivity contribution in [3.63, 3.8) is 0 Å². The van der Waals surface area contributed by atoms with Gasteiger partial charge in [-0.1, -0.05) is 24.3 Å². The maximum Gasteiger partial charge on any atom is 0.307 e. The molecule has 1 amide bonds. The first-order valence-corrected chi connectivity index (χ1v) is 8.85. The molecule has 1 aliphatic heterocycles. The van der Waals surface area contributed by atoms with Crippen LogP contribution < -0.4 is 5.32 Å². The second-order valence-electron chi connectivity index (χ2n) is 6.87. The third-order valence-corrected chi connectivity index (χ3v) is 4.32. The van der Waals surface area contributed by atoms with E-state index >= 15 is 0 Å². The van der Waals surface area contributed by atoms with Crippen LogP contribution in [0.25, 0.3) is 0 Å².